The molecule has 0 aliphatic heterocycles. The summed E-state index contributed by atoms with van der Waals surface area (Å²) in [5, 5.41) is 0. The Bertz CT molecular complexity index is 1800. The van der Waals surface area contributed by atoms with Crippen LogP contribution in [-0.2, 0) is 96.5 Å². The molecule has 0 N–H and O–H groups in total. The highest BCUT2D eigenvalue weighted by Crippen LogP contribution is 2.34. The molecule has 1 aliphatic carbocycles. The molecule has 1 saturated carbocycles. The van der Waals surface area contributed by atoms with Gasteiger partial charge in [0.25, 0.3) is 0 Å². The minimum atomic E-state index is -0.715. The first-order valence-corrected chi connectivity index (χ1v) is 25.2. The first kappa shape index (κ1) is 54.6. The molecule has 6 aromatic rings. The van der Waals surface area contributed by atoms with Gasteiger partial charge in [-0.1, -0.05) is 182 Å². The van der Waals surface area contributed by atoms with Crippen molar-refractivity contribution in [3.63, 3.8) is 0 Å². The quantitative estimate of drug-likeness (QED) is 0.0350. The SMILES string of the molecule is c1ccc(COCCOC2C(OCCOCc3ccccc3)C(OCCOCc3ccccc3)C(OCCOCc3ccccc3)C(OCCOCc3ccccc3)C2OCCOCc2ccccc2)cc1. The minimum absolute atomic E-state index is 0.241. The van der Waals surface area contributed by atoms with Crippen LogP contribution in [0.3, 0.4) is 0 Å². The van der Waals surface area contributed by atoms with Crippen LogP contribution in [0.25, 0.3) is 0 Å². The van der Waals surface area contributed by atoms with Gasteiger partial charge in [0.15, 0.2) is 0 Å². The number of hydrogen-bond donors (Lipinski definition) is 0. The molecule has 0 unspecified atom stereocenters. The Morgan fingerprint density at radius 2 is 0.319 bits per heavy atom. The van der Waals surface area contributed by atoms with Gasteiger partial charge in [0.2, 0.25) is 0 Å². The molecule has 6 aromatic carbocycles. The average molecular weight is 985 g/mol. The van der Waals surface area contributed by atoms with E-state index in [0.717, 1.165) is 33.4 Å². The van der Waals surface area contributed by atoms with Crippen LogP contribution in [-0.4, -0.2) is 116 Å². The summed E-state index contributed by atoms with van der Waals surface area (Å²) in [5.74, 6) is 0. The molecule has 0 saturated heterocycles. The molecule has 0 spiro atoms. The predicted octanol–water partition coefficient (Wildman–Crippen LogP) is 9.61. The molecule has 1 aliphatic rings. The average Bonchev–Trinajstić information content (AvgIpc) is 3.43. The number of rotatable bonds is 36. The van der Waals surface area contributed by atoms with Gasteiger partial charge in [0.05, 0.1) is 119 Å². The van der Waals surface area contributed by atoms with Crippen LogP contribution in [0.4, 0.5) is 0 Å². The van der Waals surface area contributed by atoms with Crippen LogP contribution in [0.5, 0.6) is 0 Å². The van der Waals surface area contributed by atoms with Gasteiger partial charge in [0.1, 0.15) is 36.6 Å². The summed E-state index contributed by atoms with van der Waals surface area (Å²) in [6.45, 7) is 6.03. The molecule has 0 aromatic heterocycles. The number of hydrogen-bond acceptors (Lipinski definition) is 12. The number of ether oxygens (including phenoxy) is 12. The summed E-state index contributed by atoms with van der Waals surface area (Å²) in [6.07, 6.45) is -4.29. The van der Waals surface area contributed by atoms with E-state index in [2.05, 4.69) is 0 Å². The fraction of sp³-hybridized carbons (Fsp3) is 0.400. The highest BCUT2D eigenvalue weighted by atomic mass is 16.6. The van der Waals surface area contributed by atoms with Crippen molar-refractivity contribution < 1.29 is 56.8 Å². The second kappa shape index (κ2) is 33.5. The molecule has 72 heavy (non-hydrogen) atoms. The van der Waals surface area contributed by atoms with Crippen molar-refractivity contribution in [2.75, 3.05) is 79.3 Å². The Kier molecular flexibility index (Phi) is 25.4. The van der Waals surface area contributed by atoms with Gasteiger partial charge in [-0.3, -0.25) is 0 Å². The molecule has 384 valence electrons. The molecule has 12 nitrogen and oxygen atoms in total. The molecular formula is C60H72O12. The fourth-order valence-electron chi connectivity index (χ4n) is 8.30. The van der Waals surface area contributed by atoms with Gasteiger partial charge in [-0.2, -0.15) is 0 Å². The number of benzene rings is 6. The molecule has 1 fully saturated rings. The lowest BCUT2D eigenvalue weighted by atomic mass is 9.83. The largest absolute Gasteiger partial charge is 0.374 e. The van der Waals surface area contributed by atoms with E-state index in [-0.39, 0.29) is 39.6 Å². The van der Waals surface area contributed by atoms with E-state index in [1.165, 1.54) is 0 Å². The Labute approximate surface area is 426 Å². The zero-order chi connectivity index (χ0) is 49.4. The normalized spacial score (nSPS) is 18.8. The molecule has 0 heterocycles. The van der Waals surface area contributed by atoms with Crippen LogP contribution < -0.4 is 0 Å². The van der Waals surface area contributed by atoms with Crippen molar-refractivity contribution >= 4 is 0 Å². The van der Waals surface area contributed by atoms with E-state index < -0.39 is 36.6 Å². The Morgan fingerprint density at radius 3 is 0.458 bits per heavy atom. The van der Waals surface area contributed by atoms with E-state index in [0.29, 0.717) is 79.3 Å². The summed E-state index contributed by atoms with van der Waals surface area (Å²) in [5.41, 5.74) is 6.43. The standard InChI is InChI=1S/C60H72O12/c1-7-19-49(20-8-1)43-61-31-37-67-55-56(68-38-32-62-44-50-21-9-2-10-22-50)58(70-40-34-64-46-52-25-13-4-14-26-52)60(72-42-36-66-48-54-29-17-6-18-30-54)59(71-41-35-65-47-53-27-15-5-16-28-53)57(55)69-39-33-63-45-51-23-11-3-12-24-51/h1-30,55-60H,31-48H2. The molecule has 0 radical (unpaired) electrons. The van der Waals surface area contributed by atoms with E-state index in [4.69, 9.17) is 56.8 Å². The summed E-state index contributed by atoms with van der Waals surface area (Å²) in [7, 11) is 0. The predicted molar refractivity (Wildman–Crippen MR) is 275 cm³/mol. The van der Waals surface area contributed by atoms with Crippen LogP contribution >= 0.6 is 0 Å². The maximum Gasteiger partial charge on any atom is 0.115 e. The van der Waals surface area contributed by atoms with Gasteiger partial charge in [-0.05, 0) is 33.4 Å². The summed E-state index contributed by atoms with van der Waals surface area (Å²) >= 11 is 0. The highest BCUT2D eigenvalue weighted by Gasteiger charge is 2.55. The topological polar surface area (TPSA) is 111 Å². The third-order valence-electron chi connectivity index (χ3n) is 11.8. The smallest absolute Gasteiger partial charge is 0.115 e. The second-order valence-corrected chi connectivity index (χ2v) is 17.2. The highest BCUT2D eigenvalue weighted by molar-refractivity contribution is 5.17. The molecule has 0 bridgehead atoms. The Balaban J connectivity index is 1.14. The van der Waals surface area contributed by atoms with Crippen molar-refractivity contribution in [3.8, 4) is 0 Å². The Morgan fingerprint density at radius 1 is 0.181 bits per heavy atom. The lowest BCUT2D eigenvalue weighted by Gasteiger charge is -2.49. The minimum Gasteiger partial charge on any atom is -0.374 e. The molecule has 12 heteroatoms. The van der Waals surface area contributed by atoms with Crippen molar-refractivity contribution in [2.24, 2.45) is 0 Å². The van der Waals surface area contributed by atoms with Crippen molar-refractivity contribution in [3.05, 3.63) is 215 Å². The molecule has 0 amide bonds. The first-order chi connectivity index (χ1) is 35.8. The summed E-state index contributed by atoms with van der Waals surface area (Å²) in [6, 6.07) is 60.5. The lowest BCUT2D eigenvalue weighted by Crippen LogP contribution is -2.68. The van der Waals surface area contributed by atoms with Gasteiger partial charge in [-0.25, -0.2) is 0 Å². The van der Waals surface area contributed by atoms with E-state index in [1.54, 1.807) is 0 Å². The van der Waals surface area contributed by atoms with Gasteiger partial charge < -0.3 is 56.8 Å². The van der Waals surface area contributed by atoms with Gasteiger partial charge >= 0.3 is 0 Å². The molecule has 0 atom stereocenters. The zero-order valence-corrected chi connectivity index (χ0v) is 41.4. The van der Waals surface area contributed by atoms with Crippen LogP contribution in [0, 0.1) is 0 Å². The molecule has 7 rings (SSSR count). The monoisotopic (exact) mass is 985 g/mol. The van der Waals surface area contributed by atoms with Gasteiger partial charge in [0, 0.05) is 0 Å². The third-order valence-corrected chi connectivity index (χ3v) is 11.8. The maximum atomic E-state index is 6.91. The molecular weight excluding hydrogens is 913 g/mol. The third kappa shape index (κ3) is 20.0. The lowest BCUT2D eigenvalue weighted by molar-refractivity contribution is -0.287. The zero-order valence-electron chi connectivity index (χ0n) is 41.4. The van der Waals surface area contributed by atoms with Gasteiger partial charge in [-0.15, -0.1) is 0 Å². The van der Waals surface area contributed by atoms with Crippen molar-refractivity contribution in [1.29, 1.82) is 0 Å². The van der Waals surface area contributed by atoms with Crippen LogP contribution in [0.1, 0.15) is 33.4 Å². The fourth-order valence-corrected chi connectivity index (χ4v) is 8.30. The summed E-state index contributed by atoms with van der Waals surface area (Å²) in [4.78, 5) is 0. The second-order valence-electron chi connectivity index (χ2n) is 17.2. The van der Waals surface area contributed by atoms with Crippen LogP contribution in [0.15, 0.2) is 182 Å². The van der Waals surface area contributed by atoms with Crippen LogP contribution in [0.2, 0.25) is 0 Å². The van der Waals surface area contributed by atoms with E-state index in [9.17, 15) is 0 Å². The van der Waals surface area contributed by atoms with E-state index in [1.807, 2.05) is 182 Å². The summed E-state index contributed by atoms with van der Waals surface area (Å²) < 4.78 is 78.4. The first-order valence-electron chi connectivity index (χ1n) is 25.2. The van der Waals surface area contributed by atoms with E-state index >= 15 is 0 Å². The maximum absolute atomic E-state index is 6.91. The van der Waals surface area contributed by atoms with Crippen molar-refractivity contribution in [1.82, 2.24) is 0 Å². The van der Waals surface area contributed by atoms with Crippen molar-refractivity contribution in [2.45, 2.75) is 76.3 Å². The Hall–Kier alpha value is -5.16.